The third kappa shape index (κ3) is 4.86. The van der Waals surface area contributed by atoms with Crippen molar-refractivity contribution in [1.29, 1.82) is 5.26 Å². The van der Waals surface area contributed by atoms with Crippen molar-refractivity contribution in [1.82, 2.24) is 4.90 Å². The molecule has 5 heteroatoms. The second kappa shape index (κ2) is 7.14. The van der Waals surface area contributed by atoms with E-state index in [1.54, 1.807) is 0 Å². The Morgan fingerprint density at radius 1 is 1.56 bits per heavy atom. The van der Waals surface area contributed by atoms with Crippen LogP contribution in [0.15, 0.2) is 22.7 Å². The molecule has 0 unspecified atom stereocenters. The van der Waals surface area contributed by atoms with Crippen LogP contribution in [0.2, 0.25) is 0 Å². The number of halogens is 1. The van der Waals surface area contributed by atoms with Gasteiger partial charge in [0.05, 0.1) is 18.3 Å². The molecule has 0 aliphatic rings. The van der Waals surface area contributed by atoms with Crippen molar-refractivity contribution in [2.45, 2.75) is 13.3 Å². The van der Waals surface area contributed by atoms with Crippen LogP contribution in [0.4, 0.5) is 5.69 Å². The molecule has 18 heavy (non-hydrogen) atoms. The Bertz CT molecular complexity index is 468. The van der Waals surface area contributed by atoms with Gasteiger partial charge in [0.1, 0.15) is 0 Å². The van der Waals surface area contributed by atoms with Crippen molar-refractivity contribution in [3.05, 3.63) is 28.2 Å². The van der Waals surface area contributed by atoms with E-state index >= 15 is 0 Å². The molecule has 1 amide bonds. The number of carbonyl (C=O) groups excluding carboxylic acids is 1. The van der Waals surface area contributed by atoms with Gasteiger partial charge < -0.3 is 5.32 Å². The molecule has 96 valence electrons. The van der Waals surface area contributed by atoms with Crippen molar-refractivity contribution >= 4 is 27.5 Å². The first-order valence-corrected chi connectivity index (χ1v) is 6.43. The van der Waals surface area contributed by atoms with E-state index in [-0.39, 0.29) is 12.5 Å². The zero-order valence-electron chi connectivity index (χ0n) is 10.5. The number of hydrogen-bond acceptors (Lipinski definition) is 3. The number of anilines is 1. The quantitative estimate of drug-likeness (QED) is 0.909. The summed E-state index contributed by atoms with van der Waals surface area (Å²) in [6.45, 7) is 2.87. The van der Waals surface area contributed by atoms with Crippen LogP contribution in [0, 0.1) is 18.3 Å². The molecule has 0 aliphatic carbocycles. The number of aryl methyl sites for hydroxylation is 1. The summed E-state index contributed by atoms with van der Waals surface area (Å²) in [6.07, 6.45) is 0.429. The number of nitrogens with zero attached hydrogens (tertiary/aromatic N) is 2. The summed E-state index contributed by atoms with van der Waals surface area (Å²) < 4.78 is 0.871. The lowest BCUT2D eigenvalue weighted by molar-refractivity contribution is -0.117. The Hall–Kier alpha value is -1.38. The molecule has 1 aromatic rings. The SMILES string of the molecule is Cc1ccc(NC(=O)CN(C)CCC#N)c(Br)c1. The fourth-order valence-electron chi connectivity index (χ4n) is 1.48. The topological polar surface area (TPSA) is 56.1 Å². The van der Waals surface area contributed by atoms with Gasteiger partial charge in [0.25, 0.3) is 0 Å². The minimum absolute atomic E-state index is 0.0833. The summed E-state index contributed by atoms with van der Waals surface area (Å²) in [5, 5.41) is 11.3. The van der Waals surface area contributed by atoms with Gasteiger partial charge in [-0.15, -0.1) is 0 Å². The lowest BCUT2D eigenvalue weighted by atomic mass is 10.2. The first-order valence-electron chi connectivity index (χ1n) is 5.64. The maximum absolute atomic E-state index is 11.8. The summed E-state index contributed by atoms with van der Waals surface area (Å²) in [5.74, 6) is -0.0833. The number of carbonyl (C=O) groups is 1. The van der Waals surface area contributed by atoms with Crippen molar-refractivity contribution in [3.63, 3.8) is 0 Å². The standard InChI is InChI=1S/C13H16BrN3O/c1-10-4-5-12(11(14)8-10)16-13(18)9-17(2)7-3-6-15/h4-5,8H,3,7,9H2,1-2H3,(H,16,18). The van der Waals surface area contributed by atoms with Crippen LogP contribution in [0.5, 0.6) is 0 Å². The van der Waals surface area contributed by atoms with Crippen LogP contribution in [0.1, 0.15) is 12.0 Å². The van der Waals surface area contributed by atoms with Gasteiger partial charge in [-0.3, -0.25) is 9.69 Å². The number of nitriles is 1. The summed E-state index contributed by atoms with van der Waals surface area (Å²) in [4.78, 5) is 13.6. The summed E-state index contributed by atoms with van der Waals surface area (Å²) >= 11 is 3.41. The maximum Gasteiger partial charge on any atom is 0.238 e. The van der Waals surface area contributed by atoms with Gasteiger partial charge in [0, 0.05) is 17.4 Å². The van der Waals surface area contributed by atoms with E-state index in [1.807, 2.05) is 37.1 Å². The molecule has 0 atom stereocenters. The maximum atomic E-state index is 11.8. The Morgan fingerprint density at radius 3 is 2.89 bits per heavy atom. The number of nitrogens with one attached hydrogen (secondary N) is 1. The smallest absolute Gasteiger partial charge is 0.238 e. The number of benzene rings is 1. The first kappa shape index (κ1) is 14.7. The zero-order chi connectivity index (χ0) is 13.5. The monoisotopic (exact) mass is 309 g/mol. The molecular formula is C13H16BrN3O. The molecule has 0 radical (unpaired) electrons. The minimum atomic E-state index is -0.0833. The van der Waals surface area contributed by atoms with Crippen LogP contribution in [0.3, 0.4) is 0 Å². The molecule has 1 rings (SSSR count). The van der Waals surface area contributed by atoms with Gasteiger partial charge in [-0.25, -0.2) is 0 Å². The van der Waals surface area contributed by atoms with Crippen molar-refractivity contribution in [2.75, 3.05) is 25.5 Å². The summed E-state index contributed by atoms with van der Waals surface area (Å²) in [5.41, 5.74) is 1.89. The highest BCUT2D eigenvalue weighted by Gasteiger charge is 2.08. The number of likely N-dealkylation sites (N-methyl/N-ethyl adjacent to an activating group) is 1. The van der Waals surface area contributed by atoms with Gasteiger partial charge in [-0.05, 0) is 47.6 Å². The predicted octanol–water partition coefficient (Wildman–Crippen LogP) is 2.54. The van der Waals surface area contributed by atoms with Gasteiger partial charge in [-0.1, -0.05) is 6.07 Å². The number of amides is 1. The summed E-state index contributed by atoms with van der Waals surface area (Å²) in [7, 11) is 1.82. The number of rotatable bonds is 5. The van der Waals surface area contributed by atoms with E-state index in [0.29, 0.717) is 13.0 Å². The lowest BCUT2D eigenvalue weighted by Crippen LogP contribution is -2.30. The van der Waals surface area contributed by atoms with Gasteiger partial charge in [-0.2, -0.15) is 5.26 Å². The number of hydrogen-bond donors (Lipinski definition) is 1. The van der Waals surface area contributed by atoms with E-state index in [0.717, 1.165) is 15.7 Å². The van der Waals surface area contributed by atoms with Crippen molar-refractivity contribution in [3.8, 4) is 6.07 Å². The van der Waals surface area contributed by atoms with E-state index in [1.165, 1.54) is 0 Å². The van der Waals surface area contributed by atoms with Crippen LogP contribution in [0.25, 0.3) is 0 Å². The summed E-state index contributed by atoms with van der Waals surface area (Å²) in [6, 6.07) is 7.82. The van der Waals surface area contributed by atoms with E-state index in [4.69, 9.17) is 5.26 Å². The fourth-order valence-corrected chi connectivity index (χ4v) is 2.07. The predicted molar refractivity (Wildman–Crippen MR) is 75.2 cm³/mol. The van der Waals surface area contributed by atoms with Crippen LogP contribution < -0.4 is 5.32 Å². The van der Waals surface area contributed by atoms with Gasteiger partial charge >= 0.3 is 0 Å². The minimum Gasteiger partial charge on any atom is -0.324 e. The van der Waals surface area contributed by atoms with Crippen LogP contribution >= 0.6 is 15.9 Å². The highest BCUT2D eigenvalue weighted by atomic mass is 79.9. The van der Waals surface area contributed by atoms with Crippen molar-refractivity contribution < 1.29 is 4.79 Å². The zero-order valence-corrected chi connectivity index (χ0v) is 12.1. The van der Waals surface area contributed by atoms with E-state index < -0.39 is 0 Å². The van der Waals surface area contributed by atoms with E-state index in [2.05, 4.69) is 27.3 Å². The largest absolute Gasteiger partial charge is 0.324 e. The van der Waals surface area contributed by atoms with Gasteiger partial charge in [0.2, 0.25) is 5.91 Å². The Kier molecular flexibility index (Phi) is 5.83. The van der Waals surface area contributed by atoms with Crippen molar-refractivity contribution in [2.24, 2.45) is 0 Å². The Morgan fingerprint density at radius 2 is 2.28 bits per heavy atom. The molecule has 0 aliphatic heterocycles. The molecule has 0 saturated carbocycles. The Balaban J connectivity index is 2.52. The Labute approximate surface area is 116 Å². The molecule has 0 spiro atoms. The molecule has 1 aromatic carbocycles. The molecule has 0 heterocycles. The second-order valence-electron chi connectivity index (χ2n) is 4.18. The molecule has 1 N–H and O–H groups in total. The molecule has 4 nitrogen and oxygen atoms in total. The van der Waals surface area contributed by atoms with Crippen LogP contribution in [-0.4, -0.2) is 30.9 Å². The highest BCUT2D eigenvalue weighted by molar-refractivity contribution is 9.10. The average molecular weight is 310 g/mol. The fraction of sp³-hybridized carbons (Fsp3) is 0.385. The molecular weight excluding hydrogens is 294 g/mol. The lowest BCUT2D eigenvalue weighted by Gasteiger charge is -2.15. The highest BCUT2D eigenvalue weighted by Crippen LogP contribution is 2.23. The first-order chi connectivity index (χ1) is 8.52. The normalized spacial score (nSPS) is 10.2. The molecule has 0 saturated heterocycles. The molecule has 0 aromatic heterocycles. The third-order valence-corrected chi connectivity index (χ3v) is 3.07. The molecule has 0 fully saturated rings. The van der Waals surface area contributed by atoms with Crippen LogP contribution in [-0.2, 0) is 4.79 Å². The van der Waals surface area contributed by atoms with E-state index in [9.17, 15) is 4.79 Å². The molecule has 0 bridgehead atoms. The van der Waals surface area contributed by atoms with Gasteiger partial charge in [0.15, 0.2) is 0 Å². The second-order valence-corrected chi connectivity index (χ2v) is 5.03. The average Bonchev–Trinajstić information content (AvgIpc) is 2.30. The third-order valence-electron chi connectivity index (χ3n) is 2.42.